The smallest absolute Gasteiger partial charge is 0.323 e. The molecule has 9 heteroatoms. The molecule has 1 fully saturated rings. The molecule has 2 aliphatic rings. The predicted molar refractivity (Wildman–Crippen MR) is 120 cm³/mol. The molecule has 4 rings (SSSR count). The van der Waals surface area contributed by atoms with E-state index in [2.05, 4.69) is 20.6 Å². The second-order valence-corrected chi connectivity index (χ2v) is 8.98. The molecular weight excluding hydrogens is 413 g/mol. The molecule has 0 unspecified atom stereocenters. The van der Waals surface area contributed by atoms with Gasteiger partial charge in [-0.25, -0.2) is 14.2 Å². The van der Waals surface area contributed by atoms with Crippen molar-refractivity contribution in [1.82, 2.24) is 15.3 Å². The van der Waals surface area contributed by atoms with Gasteiger partial charge in [-0.2, -0.15) is 4.98 Å². The summed E-state index contributed by atoms with van der Waals surface area (Å²) in [4.78, 5) is 24.0. The fourth-order valence-corrected chi connectivity index (χ4v) is 4.43. The van der Waals surface area contributed by atoms with Crippen LogP contribution in [0.4, 0.5) is 21.0 Å². The number of aromatic nitrogens is 2. The third kappa shape index (κ3) is 4.27. The second kappa shape index (κ2) is 8.99. The van der Waals surface area contributed by atoms with Crippen molar-refractivity contribution in [1.29, 1.82) is 0 Å². The normalized spacial score (nSPS) is 17.2. The van der Waals surface area contributed by atoms with Crippen LogP contribution in [-0.2, 0) is 6.54 Å². The number of fused-ring (bicyclic) bond motifs is 1. The predicted octanol–water partition coefficient (Wildman–Crippen LogP) is 3.11. The van der Waals surface area contributed by atoms with Crippen LogP contribution in [0.15, 0.2) is 18.2 Å². The largest absolute Gasteiger partial charge is 0.394 e. The lowest BCUT2D eigenvalue weighted by Crippen LogP contribution is -2.51. The first-order valence-corrected chi connectivity index (χ1v) is 11.1. The Morgan fingerprint density at radius 2 is 1.94 bits per heavy atom. The molecule has 1 aromatic heterocycles. The summed E-state index contributed by atoms with van der Waals surface area (Å²) in [5.74, 6) is 0.386. The van der Waals surface area contributed by atoms with E-state index in [9.17, 15) is 19.4 Å². The highest BCUT2D eigenvalue weighted by Crippen LogP contribution is 2.37. The van der Waals surface area contributed by atoms with Crippen LogP contribution < -0.4 is 15.5 Å². The molecule has 1 aromatic carbocycles. The van der Waals surface area contributed by atoms with Crippen molar-refractivity contribution in [2.75, 3.05) is 23.4 Å². The molecule has 0 saturated heterocycles. The van der Waals surface area contributed by atoms with E-state index in [1.54, 1.807) is 17.9 Å². The number of anilines is 2. The molecule has 32 heavy (non-hydrogen) atoms. The Morgan fingerprint density at radius 1 is 1.22 bits per heavy atom. The lowest BCUT2D eigenvalue weighted by Gasteiger charge is -2.38. The third-order valence-electron chi connectivity index (χ3n) is 6.34. The number of urea groups is 1. The molecule has 1 aliphatic heterocycles. The van der Waals surface area contributed by atoms with E-state index >= 15 is 0 Å². The van der Waals surface area contributed by atoms with Crippen LogP contribution in [0.25, 0.3) is 11.3 Å². The molecule has 0 radical (unpaired) electrons. The number of benzene rings is 1. The first-order chi connectivity index (χ1) is 15.3. The lowest BCUT2D eigenvalue weighted by atomic mass is 9.93. The number of amides is 2. The number of carbonyl (C=O) groups is 1. The average molecular weight is 444 g/mol. The van der Waals surface area contributed by atoms with Gasteiger partial charge in [-0.15, -0.1) is 0 Å². The highest BCUT2D eigenvalue weighted by molar-refractivity contribution is 5.96. The molecule has 0 bridgehead atoms. The monoisotopic (exact) mass is 443 g/mol. The van der Waals surface area contributed by atoms with Crippen molar-refractivity contribution in [2.24, 2.45) is 0 Å². The maximum Gasteiger partial charge on any atom is 0.323 e. The third-order valence-corrected chi connectivity index (χ3v) is 6.34. The minimum Gasteiger partial charge on any atom is -0.394 e. The van der Waals surface area contributed by atoms with Crippen LogP contribution in [-0.4, -0.2) is 51.0 Å². The van der Waals surface area contributed by atoms with Crippen LogP contribution in [0.1, 0.15) is 50.2 Å². The van der Waals surface area contributed by atoms with Crippen molar-refractivity contribution >= 4 is 17.8 Å². The maximum absolute atomic E-state index is 13.8. The molecule has 2 aromatic rings. The number of aliphatic hydroxyl groups excluding tert-OH is 2. The summed E-state index contributed by atoms with van der Waals surface area (Å²) in [6, 6.07) is 4.35. The zero-order chi connectivity index (χ0) is 22.9. The van der Waals surface area contributed by atoms with Crippen molar-refractivity contribution in [3.8, 4) is 11.3 Å². The maximum atomic E-state index is 13.8. The van der Waals surface area contributed by atoms with Gasteiger partial charge < -0.3 is 20.8 Å². The minimum atomic E-state index is -1.05. The molecule has 0 spiro atoms. The van der Waals surface area contributed by atoms with Gasteiger partial charge >= 0.3 is 6.03 Å². The summed E-state index contributed by atoms with van der Waals surface area (Å²) in [5.41, 5.74) is 1.77. The molecule has 0 atom stereocenters. The first kappa shape index (κ1) is 22.4. The average Bonchev–Trinajstić information content (AvgIpc) is 2.79. The minimum absolute atomic E-state index is 0.0368. The van der Waals surface area contributed by atoms with Gasteiger partial charge in [0.15, 0.2) is 0 Å². The van der Waals surface area contributed by atoms with E-state index in [-0.39, 0.29) is 43.6 Å². The Balaban J connectivity index is 1.88. The van der Waals surface area contributed by atoms with Crippen molar-refractivity contribution < 1.29 is 19.4 Å². The molecule has 1 aliphatic carbocycles. The number of halogens is 1. The molecule has 2 heterocycles. The number of rotatable bonds is 6. The van der Waals surface area contributed by atoms with Gasteiger partial charge in [-0.05, 0) is 50.5 Å². The Hall–Kier alpha value is -2.78. The molecule has 172 valence electrons. The first-order valence-electron chi connectivity index (χ1n) is 11.1. The van der Waals surface area contributed by atoms with E-state index in [0.29, 0.717) is 17.1 Å². The molecule has 1 saturated carbocycles. The standard InChI is InChI=1S/C23H30FN5O3/c1-14-10-15(24)8-9-17(14)19-18-11-25-22(32)29(16-6-4-3-5-7-16)20(18)27-21(26-19)28-23(2,12-30)13-31/h8-10,16,30-31H,3-7,11-13H2,1-2H3,(H,25,32)(H,26,27,28). The topological polar surface area (TPSA) is 111 Å². The van der Waals surface area contributed by atoms with Crippen LogP contribution in [0.3, 0.4) is 0 Å². The number of nitrogens with zero attached hydrogens (tertiary/aromatic N) is 3. The number of hydrogen-bond acceptors (Lipinski definition) is 6. The fraction of sp³-hybridized carbons (Fsp3) is 0.522. The summed E-state index contributed by atoms with van der Waals surface area (Å²) >= 11 is 0. The number of hydrogen-bond donors (Lipinski definition) is 4. The van der Waals surface area contributed by atoms with E-state index in [4.69, 9.17) is 0 Å². The van der Waals surface area contributed by atoms with Gasteiger partial charge in [-0.1, -0.05) is 19.3 Å². The molecular formula is C23H30FN5O3. The summed E-state index contributed by atoms with van der Waals surface area (Å²) in [7, 11) is 0. The van der Waals surface area contributed by atoms with Gasteiger partial charge in [0.2, 0.25) is 5.95 Å². The van der Waals surface area contributed by atoms with E-state index in [1.807, 2.05) is 6.92 Å². The lowest BCUT2D eigenvalue weighted by molar-refractivity contribution is 0.147. The Labute approximate surface area is 186 Å². The van der Waals surface area contributed by atoms with Crippen molar-refractivity contribution in [3.63, 3.8) is 0 Å². The fourth-order valence-electron chi connectivity index (χ4n) is 4.43. The highest BCUT2D eigenvalue weighted by Gasteiger charge is 2.36. The number of aliphatic hydroxyl groups is 2. The zero-order valence-corrected chi connectivity index (χ0v) is 18.5. The van der Waals surface area contributed by atoms with E-state index in [1.165, 1.54) is 12.1 Å². The number of nitrogens with one attached hydrogen (secondary N) is 2. The summed E-state index contributed by atoms with van der Waals surface area (Å²) in [5, 5.41) is 25.5. The highest BCUT2D eigenvalue weighted by atomic mass is 19.1. The SMILES string of the molecule is Cc1cc(F)ccc1-c1nc(NC(C)(CO)CO)nc2c1CNC(=O)N2C1CCCCC1. The van der Waals surface area contributed by atoms with Crippen molar-refractivity contribution in [3.05, 3.63) is 35.1 Å². The zero-order valence-electron chi connectivity index (χ0n) is 18.5. The second-order valence-electron chi connectivity index (χ2n) is 8.98. The van der Waals surface area contributed by atoms with Crippen LogP contribution in [0.5, 0.6) is 0 Å². The number of aryl methyl sites for hydroxylation is 1. The Kier molecular flexibility index (Phi) is 6.30. The molecule has 8 nitrogen and oxygen atoms in total. The summed E-state index contributed by atoms with van der Waals surface area (Å²) in [6.45, 7) is 3.07. The Morgan fingerprint density at radius 3 is 2.59 bits per heavy atom. The van der Waals surface area contributed by atoms with Gasteiger partial charge in [0.25, 0.3) is 0 Å². The molecule has 4 N–H and O–H groups in total. The van der Waals surface area contributed by atoms with Crippen LogP contribution in [0, 0.1) is 12.7 Å². The Bertz CT molecular complexity index is 1010. The molecule has 2 amide bonds. The van der Waals surface area contributed by atoms with E-state index < -0.39 is 5.54 Å². The van der Waals surface area contributed by atoms with Gasteiger partial charge in [-0.3, -0.25) is 4.90 Å². The van der Waals surface area contributed by atoms with Gasteiger partial charge in [0.05, 0.1) is 31.0 Å². The number of carbonyl (C=O) groups excluding carboxylic acids is 1. The van der Waals surface area contributed by atoms with Gasteiger partial charge in [0.1, 0.15) is 11.6 Å². The van der Waals surface area contributed by atoms with Crippen LogP contribution in [0.2, 0.25) is 0 Å². The summed E-state index contributed by atoms with van der Waals surface area (Å²) in [6.07, 6.45) is 5.06. The quantitative estimate of drug-likeness (QED) is 0.546. The van der Waals surface area contributed by atoms with E-state index in [0.717, 1.165) is 43.2 Å². The summed E-state index contributed by atoms with van der Waals surface area (Å²) < 4.78 is 13.8. The van der Waals surface area contributed by atoms with Crippen LogP contribution >= 0.6 is 0 Å². The van der Waals surface area contributed by atoms with Gasteiger partial charge in [0, 0.05) is 17.2 Å². The van der Waals surface area contributed by atoms with Crippen molar-refractivity contribution in [2.45, 2.75) is 64.1 Å².